The molecule has 12 heteroatoms. The van der Waals surface area contributed by atoms with Gasteiger partial charge in [-0.3, -0.25) is 24.0 Å². The first-order valence-electron chi connectivity index (χ1n) is 10.6. The van der Waals surface area contributed by atoms with Crippen LogP contribution in [0.4, 0.5) is 0 Å². The number of rotatable bonds is 2. The first-order valence-corrected chi connectivity index (χ1v) is 13.8. The van der Waals surface area contributed by atoms with Gasteiger partial charge in [0.2, 0.25) is 9.05 Å². The van der Waals surface area contributed by atoms with E-state index in [2.05, 4.69) is 4.74 Å². The van der Waals surface area contributed by atoms with Crippen LogP contribution in [0.1, 0.15) is 32.6 Å². The Bertz CT molecular complexity index is 1040. The van der Waals surface area contributed by atoms with Gasteiger partial charge in [0.05, 0.1) is 28.9 Å². The number of fused-ring (bicyclic) bond motifs is 10. The van der Waals surface area contributed by atoms with Crippen molar-refractivity contribution in [3.63, 3.8) is 0 Å². The molecule has 0 aromatic heterocycles. The number of cyclic esters (lactones) is 4. The van der Waals surface area contributed by atoms with E-state index in [1.165, 1.54) is 11.8 Å². The van der Waals surface area contributed by atoms with Gasteiger partial charge in [-0.2, -0.15) is 0 Å². The second kappa shape index (κ2) is 7.53. The van der Waals surface area contributed by atoms with E-state index in [1.807, 2.05) is 0 Å². The zero-order chi connectivity index (χ0) is 23.1. The minimum absolute atomic E-state index is 0.0625. The van der Waals surface area contributed by atoms with E-state index in [0.29, 0.717) is 12.8 Å². The third-order valence-corrected chi connectivity index (χ3v) is 11.2. The van der Waals surface area contributed by atoms with Gasteiger partial charge in [0.1, 0.15) is 0 Å². The molecule has 6 aliphatic rings. The third-order valence-electron chi connectivity index (χ3n) is 8.06. The van der Waals surface area contributed by atoms with Crippen LogP contribution in [0.2, 0.25) is 0 Å². The summed E-state index contributed by atoms with van der Waals surface area (Å²) in [7, 11) is 1.68. The van der Waals surface area contributed by atoms with Crippen LogP contribution in [0.5, 0.6) is 0 Å². The predicted molar refractivity (Wildman–Crippen MR) is 109 cm³/mol. The fourth-order valence-corrected chi connectivity index (χ4v) is 10.1. The molecule has 6 rings (SSSR count). The van der Waals surface area contributed by atoms with Crippen molar-refractivity contribution in [1.29, 1.82) is 0 Å². The minimum atomic E-state index is -3.66. The minimum Gasteiger partial charge on any atom is -0.393 e. The standard InChI is InChI=1S/C11H12O4S.C9H9ClO5S/c1-4(12)16-7-3-5-2-6(7)9-8(5)10(13)15-11(9)14;10-16(13,14)5-2-3-1-4(5)7-6(3)8(11)15-9(7)12/h5-9H,2-3H2,1H3;3-7H,1-2H2. The predicted octanol–water partition coefficient (Wildman–Crippen LogP) is 1.27. The number of carbonyl (C=O) groups excluding carboxylic acids is 5. The first-order chi connectivity index (χ1) is 15.0. The maximum Gasteiger partial charge on any atom is 0.317 e. The van der Waals surface area contributed by atoms with Crippen LogP contribution in [0.3, 0.4) is 0 Å². The lowest BCUT2D eigenvalue weighted by Crippen LogP contribution is -2.36. The van der Waals surface area contributed by atoms with E-state index in [9.17, 15) is 32.4 Å². The summed E-state index contributed by atoms with van der Waals surface area (Å²) >= 11 is 1.32. The Balaban J connectivity index is 0.000000135. The summed E-state index contributed by atoms with van der Waals surface area (Å²) in [6, 6.07) is 0. The number of hydrogen-bond donors (Lipinski definition) is 0. The van der Waals surface area contributed by atoms with Crippen LogP contribution in [0.25, 0.3) is 0 Å². The van der Waals surface area contributed by atoms with Crippen molar-refractivity contribution < 1.29 is 41.9 Å². The number of carbonyl (C=O) groups is 5. The zero-order valence-electron chi connectivity index (χ0n) is 17.0. The average Bonchev–Trinajstić information content (AvgIpc) is 3.46. The Hall–Kier alpha value is -1.46. The van der Waals surface area contributed by atoms with Gasteiger partial charge in [0.25, 0.3) is 0 Å². The van der Waals surface area contributed by atoms with Crippen LogP contribution < -0.4 is 0 Å². The molecule has 2 heterocycles. The van der Waals surface area contributed by atoms with Gasteiger partial charge >= 0.3 is 23.9 Å². The molecule has 0 radical (unpaired) electrons. The lowest BCUT2D eigenvalue weighted by Gasteiger charge is -2.25. The summed E-state index contributed by atoms with van der Waals surface area (Å²) < 4.78 is 31.9. The van der Waals surface area contributed by atoms with Gasteiger partial charge < -0.3 is 9.47 Å². The second-order valence-electron chi connectivity index (χ2n) is 9.54. The molecule has 10 atom stereocenters. The molecular weight excluding hydrogens is 484 g/mol. The zero-order valence-corrected chi connectivity index (χ0v) is 19.4. The van der Waals surface area contributed by atoms with Gasteiger partial charge in [-0.25, -0.2) is 8.42 Å². The van der Waals surface area contributed by atoms with Crippen LogP contribution in [-0.2, 0) is 42.5 Å². The quantitative estimate of drug-likeness (QED) is 0.307. The van der Waals surface area contributed by atoms with E-state index < -0.39 is 38.1 Å². The molecule has 6 fully saturated rings. The molecular formula is C20H21ClO9S2. The van der Waals surface area contributed by atoms with Crippen molar-refractivity contribution in [2.45, 2.75) is 43.1 Å². The van der Waals surface area contributed by atoms with Crippen molar-refractivity contribution in [2.75, 3.05) is 0 Å². The first kappa shape index (κ1) is 22.3. The average molecular weight is 505 g/mol. The molecule has 10 unspecified atom stereocenters. The fraction of sp³-hybridized carbons (Fsp3) is 0.750. The van der Waals surface area contributed by atoms with Crippen LogP contribution in [0, 0.1) is 47.3 Å². The third kappa shape index (κ3) is 3.34. The molecule has 0 aromatic carbocycles. The monoisotopic (exact) mass is 504 g/mol. The summed E-state index contributed by atoms with van der Waals surface area (Å²) in [5.74, 6) is -3.22. The lowest BCUT2D eigenvalue weighted by molar-refractivity contribution is -0.156. The molecule has 9 nitrogen and oxygen atoms in total. The van der Waals surface area contributed by atoms with E-state index in [0.717, 1.165) is 12.8 Å². The number of thioether (sulfide) groups is 1. The summed E-state index contributed by atoms with van der Waals surface area (Å²) in [5.41, 5.74) is 0. The highest BCUT2D eigenvalue weighted by atomic mass is 35.7. The number of hydrogen-bond acceptors (Lipinski definition) is 10. The molecule has 4 saturated carbocycles. The summed E-state index contributed by atoms with van der Waals surface area (Å²) in [4.78, 5) is 56.9. The highest BCUT2D eigenvalue weighted by Crippen LogP contribution is 2.59. The molecule has 4 aliphatic carbocycles. The summed E-state index contributed by atoms with van der Waals surface area (Å²) in [5, 5.41) is -0.396. The van der Waals surface area contributed by atoms with Crippen molar-refractivity contribution >= 4 is 60.5 Å². The molecule has 4 bridgehead atoms. The molecule has 2 aliphatic heterocycles. The van der Waals surface area contributed by atoms with Crippen LogP contribution >= 0.6 is 22.4 Å². The normalized spacial score (nSPS) is 45.3. The lowest BCUT2D eigenvalue weighted by atomic mass is 9.81. The van der Waals surface area contributed by atoms with Gasteiger partial charge in [-0.15, -0.1) is 0 Å². The van der Waals surface area contributed by atoms with Gasteiger partial charge in [-0.05, 0) is 49.4 Å². The number of ether oxygens (including phenoxy) is 2. The smallest absolute Gasteiger partial charge is 0.317 e. The van der Waals surface area contributed by atoms with Crippen LogP contribution in [0.15, 0.2) is 0 Å². The van der Waals surface area contributed by atoms with E-state index in [4.69, 9.17) is 15.4 Å². The number of esters is 4. The maximum atomic E-state index is 11.6. The molecule has 0 amide bonds. The van der Waals surface area contributed by atoms with Crippen molar-refractivity contribution in [2.24, 2.45) is 47.3 Å². The largest absolute Gasteiger partial charge is 0.393 e. The SMILES string of the molecule is CC(=O)SC1CC2CC1C1C(=O)OC(=O)C21.O=C1OC(=O)C2C3CC(CC3S(=O)(=O)Cl)C12. The van der Waals surface area contributed by atoms with Gasteiger partial charge in [0.15, 0.2) is 5.12 Å². The Morgan fingerprint density at radius 2 is 1.28 bits per heavy atom. The van der Waals surface area contributed by atoms with Crippen LogP contribution in [-0.4, -0.2) is 47.9 Å². The Kier molecular flexibility index (Phi) is 5.25. The Labute approximate surface area is 192 Å². The van der Waals surface area contributed by atoms with Crippen molar-refractivity contribution in [1.82, 2.24) is 0 Å². The molecule has 0 spiro atoms. The topological polar surface area (TPSA) is 138 Å². The van der Waals surface area contributed by atoms with Crippen molar-refractivity contribution in [3.8, 4) is 0 Å². The molecule has 32 heavy (non-hydrogen) atoms. The fourth-order valence-electron chi connectivity index (χ4n) is 7.07. The van der Waals surface area contributed by atoms with E-state index in [-0.39, 0.29) is 57.8 Å². The molecule has 0 aromatic rings. The van der Waals surface area contributed by atoms with Crippen molar-refractivity contribution in [3.05, 3.63) is 0 Å². The summed E-state index contributed by atoms with van der Waals surface area (Å²) in [6.45, 7) is 1.55. The highest BCUT2D eigenvalue weighted by molar-refractivity contribution is 8.14. The maximum absolute atomic E-state index is 11.6. The highest BCUT2D eigenvalue weighted by Gasteiger charge is 2.65. The Morgan fingerprint density at radius 1 is 0.812 bits per heavy atom. The Morgan fingerprint density at radius 3 is 1.81 bits per heavy atom. The second-order valence-corrected chi connectivity index (χ2v) is 13.8. The van der Waals surface area contributed by atoms with Gasteiger partial charge in [-0.1, -0.05) is 11.8 Å². The molecule has 2 saturated heterocycles. The van der Waals surface area contributed by atoms with E-state index in [1.54, 1.807) is 6.92 Å². The van der Waals surface area contributed by atoms with E-state index >= 15 is 0 Å². The van der Waals surface area contributed by atoms with Gasteiger partial charge in [0, 0.05) is 22.9 Å². The molecule has 174 valence electrons. The number of halogens is 1. The summed E-state index contributed by atoms with van der Waals surface area (Å²) in [6.07, 6.45) is 2.74. The molecule has 0 N–H and O–H groups in total.